The molecule has 0 aliphatic heterocycles. The lowest BCUT2D eigenvalue weighted by Crippen LogP contribution is -1.96. The summed E-state index contributed by atoms with van der Waals surface area (Å²) in [4.78, 5) is 4.23. The van der Waals surface area contributed by atoms with E-state index in [1.165, 1.54) is 11.1 Å². The Morgan fingerprint density at radius 3 is 2.36 bits per heavy atom. The second-order valence-electron chi connectivity index (χ2n) is 4.90. The van der Waals surface area contributed by atoms with Crippen molar-refractivity contribution in [1.82, 2.24) is 4.98 Å². The maximum atomic E-state index is 4.23. The normalized spacial score (nSPS) is 30.8. The zero-order chi connectivity index (χ0) is 10.3. The van der Waals surface area contributed by atoms with Gasteiger partial charge in [-0.25, -0.2) is 0 Å². The number of aromatic nitrogens is 1. The topological polar surface area (TPSA) is 12.9 Å². The highest BCUT2D eigenvalue weighted by Gasteiger charge is 2.44. The maximum Gasteiger partial charge on any atom is 0.0305 e. The Kier molecular flexibility index (Phi) is 2.34. The summed E-state index contributed by atoms with van der Waals surface area (Å²) in [5.74, 6) is 3.10. The third-order valence-corrected chi connectivity index (χ3v) is 3.69. The van der Waals surface area contributed by atoms with Gasteiger partial charge in [-0.15, -0.1) is 0 Å². The molecule has 1 heteroatoms. The van der Waals surface area contributed by atoms with E-state index in [0.717, 1.165) is 17.8 Å². The number of pyridine rings is 1. The predicted octanol–water partition coefficient (Wildman–Crippen LogP) is 3.57. The van der Waals surface area contributed by atoms with Gasteiger partial charge in [0.1, 0.15) is 0 Å². The third kappa shape index (κ3) is 1.45. The predicted molar refractivity (Wildman–Crippen MR) is 59.4 cm³/mol. The Labute approximate surface area is 86.6 Å². The Bertz CT molecular complexity index is 322. The van der Waals surface area contributed by atoms with Gasteiger partial charge in [-0.3, -0.25) is 4.98 Å². The van der Waals surface area contributed by atoms with Crippen molar-refractivity contribution in [1.29, 1.82) is 0 Å². The number of hydrogen-bond donors (Lipinski definition) is 0. The first kappa shape index (κ1) is 9.70. The van der Waals surface area contributed by atoms with Crippen LogP contribution >= 0.6 is 0 Å². The van der Waals surface area contributed by atoms with Crippen LogP contribution in [-0.2, 0) is 0 Å². The molecule has 1 saturated carbocycles. The molecule has 1 nitrogen and oxygen atoms in total. The average molecular weight is 189 g/mol. The van der Waals surface area contributed by atoms with Crippen LogP contribution in [-0.4, -0.2) is 4.98 Å². The smallest absolute Gasteiger partial charge is 0.0305 e. The van der Waals surface area contributed by atoms with Gasteiger partial charge in [0.05, 0.1) is 0 Å². The lowest BCUT2D eigenvalue weighted by atomic mass is 9.95. The van der Waals surface area contributed by atoms with E-state index in [1.54, 1.807) is 0 Å². The molecule has 2 rings (SSSR count). The molecule has 3 atom stereocenters. The van der Waals surface area contributed by atoms with Crippen LogP contribution in [0.4, 0.5) is 0 Å². The summed E-state index contributed by atoms with van der Waals surface area (Å²) in [7, 11) is 0. The van der Waals surface area contributed by atoms with E-state index in [-0.39, 0.29) is 0 Å². The van der Waals surface area contributed by atoms with Gasteiger partial charge in [0.15, 0.2) is 0 Å². The van der Waals surface area contributed by atoms with Crippen LogP contribution in [0.1, 0.15) is 50.7 Å². The van der Waals surface area contributed by atoms with E-state index in [4.69, 9.17) is 0 Å². The Morgan fingerprint density at radius 1 is 1.21 bits per heavy atom. The van der Waals surface area contributed by atoms with Gasteiger partial charge in [-0.1, -0.05) is 27.7 Å². The monoisotopic (exact) mass is 189 g/mol. The van der Waals surface area contributed by atoms with Crippen molar-refractivity contribution in [2.45, 2.75) is 39.5 Å². The van der Waals surface area contributed by atoms with Crippen LogP contribution in [0.5, 0.6) is 0 Å². The molecule has 1 heterocycles. The summed E-state index contributed by atoms with van der Waals surface area (Å²) in [6.45, 7) is 9.19. The molecular weight excluding hydrogens is 170 g/mol. The molecule has 14 heavy (non-hydrogen) atoms. The van der Waals surface area contributed by atoms with Crippen molar-refractivity contribution in [3.05, 3.63) is 29.6 Å². The molecule has 0 spiro atoms. The van der Waals surface area contributed by atoms with Crippen LogP contribution in [0.2, 0.25) is 0 Å². The standard InChI is InChI=1S/C13H19N/c1-8(2)12-7-14-6-5-11(12)13-9(3)10(13)4/h5-10,13H,1-4H3/t9-,10?,13-/m1/s1. The molecule has 0 saturated heterocycles. The molecular formula is C13H19N. The van der Waals surface area contributed by atoms with Gasteiger partial charge in [-0.05, 0) is 40.9 Å². The Hall–Kier alpha value is -0.850. The first-order valence-electron chi connectivity index (χ1n) is 5.56. The molecule has 0 N–H and O–H groups in total. The minimum Gasteiger partial charge on any atom is -0.264 e. The molecule has 1 aromatic heterocycles. The van der Waals surface area contributed by atoms with Crippen molar-refractivity contribution in [2.75, 3.05) is 0 Å². The van der Waals surface area contributed by atoms with Crippen LogP contribution in [0, 0.1) is 11.8 Å². The van der Waals surface area contributed by atoms with E-state index >= 15 is 0 Å². The van der Waals surface area contributed by atoms with Gasteiger partial charge in [0, 0.05) is 12.4 Å². The number of nitrogens with zero attached hydrogens (tertiary/aromatic N) is 1. The first-order valence-corrected chi connectivity index (χ1v) is 5.56. The molecule has 76 valence electrons. The molecule has 0 amide bonds. The molecule has 0 bridgehead atoms. The average Bonchev–Trinajstić information content (AvgIpc) is 2.75. The lowest BCUT2D eigenvalue weighted by Gasteiger charge is -2.11. The summed E-state index contributed by atoms with van der Waals surface area (Å²) in [6.07, 6.45) is 3.97. The molecule has 0 aromatic carbocycles. The summed E-state index contributed by atoms with van der Waals surface area (Å²) in [5.41, 5.74) is 2.98. The molecule has 1 unspecified atom stereocenters. The van der Waals surface area contributed by atoms with Crippen LogP contribution in [0.25, 0.3) is 0 Å². The molecule has 1 aromatic rings. The Morgan fingerprint density at radius 2 is 1.86 bits per heavy atom. The van der Waals surface area contributed by atoms with Gasteiger partial charge in [0.2, 0.25) is 0 Å². The highest BCUT2D eigenvalue weighted by molar-refractivity contribution is 5.35. The van der Waals surface area contributed by atoms with Gasteiger partial charge < -0.3 is 0 Å². The van der Waals surface area contributed by atoms with E-state index in [2.05, 4.69) is 38.7 Å². The number of hydrogen-bond acceptors (Lipinski definition) is 1. The Balaban J connectivity index is 2.34. The van der Waals surface area contributed by atoms with E-state index in [9.17, 15) is 0 Å². The fourth-order valence-corrected chi connectivity index (χ4v) is 2.43. The van der Waals surface area contributed by atoms with Crippen LogP contribution in [0.15, 0.2) is 18.5 Å². The van der Waals surface area contributed by atoms with Crippen LogP contribution < -0.4 is 0 Å². The van der Waals surface area contributed by atoms with Crippen molar-refractivity contribution < 1.29 is 0 Å². The third-order valence-electron chi connectivity index (χ3n) is 3.69. The van der Waals surface area contributed by atoms with Crippen LogP contribution in [0.3, 0.4) is 0 Å². The first-order chi connectivity index (χ1) is 6.63. The summed E-state index contributed by atoms with van der Waals surface area (Å²) in [5, 5.41) is 0. The van der Waals surface area contributed by atoms with Gasteiger partial charge in [0.25, 0.3) is 0 Å². The second kappa shape index (κ2) is 3.38. The van der Waals surface area contributed by atoms with Gasteiger partial charge in [-0.2, -0.15) is 0 Å². The van der Waals surface area contributed by atoms with Crippen molar-refractivity contribution >= 4 is 0 Å². The highest BCUT2D eigenvalue weighted by atomic mass is 14.6. The molecule has 1 fully saturated rings. The minimum absolute atomic E-state index is 0.596. The summed E-state index contributed by atoms with van der Waals surface area (Å²) >= 11 is 0. The van der Waals surface area contributed by atoms with E-state index < -0.39 is 0 Å². The van der Waals surface area contributed by atoms with E-state index in [0.29, 0.717) is 5.92 Å². The summed E-state index contributed by atoms with van der Waals surface area (Å²) in [6, 6.07) is 2.21. The van der Waals surface area contributed by atoms with Gasteiger partial charge >= 0.3 is 0 Å². The van der Waals surface area contributed by atoms with E-state index in [1.807, 2.05) is 12.4 Å². The zero-order valence-electron chi connectivity index (χ0n) is 9.49. The SMILES string of the molecule is CC(C)c1cnccc1[C@H]1C(C)[C@H]1C. The minimum atomic E-state index is 0.596. The lowest BCUT2D eigenvalue weighted by molar-refractivity contribution is 0.814. The maximum absolute atomic E-state index is 4.23. The van der Waals surface area contributed by atoms with Crippen molar-refractivity contribution in [3.63, 3.8) is 0 Å². The van der Waals surface area contributed by atoms with Crippen molar-refractivity contribution in [3.8, 4) is 0 Å². The highest BCUT2D eigenvalue weighted by Crippen LogP contribution is 2.54. The molecule has 0 radical (unpaired) electrons. The largest absolute Gasteiger partial charge is 0.264 e. The quantitative estimate of drug-likeness (QED) is 0.693. The summed E-state index contributed by atoms with van der Waals surface area (Å²) < 4.78 is 0. The fourth-order valence-electron chi connectivity index (χ4n) is 2.43. The zero-order valence-corrected chi connectivity index (χ0v) is 9.49. The number of rotatable bonds is 2. The molecule has 1 aliphatic rings. The second-order valence-corrected chi connectivity index (χ2v) is 4.90. The molecule has 1 aliphatic carbocycles. The van der Waals surface area contributed by atoms with Crippen molar-refractivity contribution in [2.24, 2.45) is 11.8 Å². The fraction of sp³-hybridized carbons (Fsp3) is 0.615.